The van der Waals surface area contributed by atoms with Crippen LogP contribution in [0.5, 0.6) is 5.75 Å². The molecule has 0 radical (unpaired) electrons. The number of benzene rings is 3. The quantitative estimate of drug-likeness (QED) is 0.313. The number of ketones is 2. The van der Waals surface area contributed by atoms with Crippen LogP contribution < -0.4 is 4.18 Å². The van der Waals surface area contributed by atoms with Gasteiger partial charge in [0.05, 0.1) is 0 Å². The van der Waals surface area contributed by atoms with Crippen LogP contribution >= 0.6 is 11.6 Å². The number of halogens is 4. The highest BCUT2D eigenvalue weighted by molar-refractivity contribution is 7.88. The Hall–Kier alpha value is -3.17. The van der Waals surface area contributed by atoms with E-state index in [2.05, 4.69) is 4.18 Å². The Morgan fingerprint density at radius 2 is 1.32 bits per heavy atom. The van der Waals surface area contributed by atoms with Crippen LogP contribution in [-0.4, -0.2) is 25.5 Å². The molecule has 0 atom stereocenters. The number of rotatable bonds is 3. The lowest BCUT2D eigenvalue weighted by Crippen LogP contribution is -2.28. The zero-order valence-corrected chi connectivity index (χ0v) is 16.8. The van der Waals surface area contributed by atoms with E-state index in [4.69, 9.17) is 11.6 Å². The molecule has 31 heavy (non-hydrogen) atoms. The summed E-state index contributed by atoms with van der Waals surface area (Å²) in [5, 5.41) is 0.359. The van der Waals surface area contributed by atoms with Crippen molar-refractivity contribution < 1.29 is 35.4 Å². The average molecular weight is 467 g/mol. The van der Waals surface area contributed by atoms with Gasteiger partial charge >= 0.3 is 15.6 Å². The summed E-state index contributed by atoms with van der Waals surface area (Å²) in [5.41, 5.74) is -5.45. The van der Waals surface area contributed by atoms with Crippen molar-refractivity contribution in [3.8, 4) is 16.9 Å². The van der Waals surface area contributed by atoms with E-state index in [9.17, 15) is 31.2 Å². The molecule has 0 saturated carbocycles. The fourth-order valence-corrected chi connectivity index (χ4v) is 3.85. The molecular weight excluding hydrogens is 457 g/mol. The number of carbonyl (C=O) groups excluding carboxylic acids is 2. The topological polar surface area (TPSA) is 77.5 Å². The molecule has 4 rings (SSSR count). The van der Waals surface area contributed by atoms with E-state index in [1.54, 1.807) is 6.07 Å². The van der Waals surface area contributed by atoms with Gasteiger partial charge in [-0.05, 0) is 35.4 Å². The van der Waals surface area contributed by atoms with Crippen LogP contribution in [0, 0.1) is 0 Å². The van der Waals surface area contributed by atoms with Crippen LogP contribution in [0.3, 0.4) is 0 Å². The fourth-order valence-electron chi connectivity index (χ4n) is 3.28. The van der Waals surface area contributed by atoms with E-state index >= 15 is 0 Å². The van der Waals surface area contributed by atoms with Gasteiger partial charge in [-0.25, -0.2) is 0 Å². The third-order valence-corrected chi connectivity index (χ3v) is 5.88. The summed E-state index contributed by atoms with van der Waals surface area (Å²) in [4.78, 5) is 26.2. The summed E-state index contributed by atoms with van der Waals surface area (Å²) in [6.45, 7) is 0. The van der Waals surface area contributed by atoms with E-state index in [1.807, 2.05) is 0 Å². The Morgan fingerprint density at radius 3 is 1.90 bits per heavy atom. The molecule has 0 aromatic heterocycles. The van der Waals surface area contributed by atoms with Crippen LogP contribution in [0.2, 0.25) is 5.02 Å². The lowest BCUT2D eigenvalue weighted by molar-refractivity contribution is -0.0500. The molecule has 5 nitrogen and oxygen atoms in total. The lowest BCUT2D eigenvalue weighted by Gasteiger charge is -2.22. The second-order valence-electron chi connectivity index (χ2n) is 6.59. The van der Waals surface area contributed by atoms with E-state index in [1.165, 1.54) is 42.5 Å². The first-order chi connectivity index (χ1) is 14.5. The van der Waals surface area contributed by atoms with Crippen molar-refractivity contribution in [2.45, 2.75) is 5.51 Å². The molecule has 0 amide bonds. The van der Waals surface area contributed by atoms with E-state index in [-0.39, 0.29) is 27.8 Å². The molecule has 158 valence electrons. The number of hydrogen-bond acceptors (Lipinski definition) is 5. The minimum absolute atomic E-state index is 0.0365. The molecule has 0 N–H and O–H groups in total. The Balaban J connectivity index is 1.98. The molecule has 3 aromatic carbocycles. The van der Waals surface area contributed by atoms with Gasteiger partial charge in [-0.3, -0.25) is 9.59 Å². The first kappa shape index (κ1) is 21.1. The standard InChI is InChI=1S/C21H10ClF3O5S/c22-12-7-5-11(6-8-12)16-9-13(30-31(28,29)21(23,24)25)10-17-18(16)20(27)15-4-2-1-3-14(15)19(17)26/h1-10H. The monoisotopic (exact) mass is 466 g/mol. The van der Waals surface area contributed by atoms with Gasteiger partial charge in [0.15, 0.2) is 11.6 Å². The third-order valence-electron chi connectivity index (χ3n) is 4.64. The van der Waals surface area contributed by atoms with Crippen LogP contribution in [0.15, 0.2) is 60.7 Å². The summed E-state index contributed by atoms with van der Waals surface area (Å²) in [5.74, 6) is -1.92. The van der Waals surface area contributed by atoms with Gasteiger partial charge in [0, 0.05) is 27.3 Å². The van der Waals surface area contributed by atoms with Crippen molar-refractivity contribution in [3.63, 3.8) is 0 Å². The van der Waals surface area contributed by atoms with Crippen molar-refractivity contribution in [1.82, 2.24) is 0 Å². The maximum atomic E-state index is 13.2. The predicted molar refractivity (Wildman–Crippen MR) is 106 cm³/mol. The summed E-state index contributed by atoms with van der Waals surface area (Å²) in [6, 6.07) is 13.7. The smallest absolute Gasteiger partial charge is 0.376 e. The predicted octanol–water partition coefficient (Wildman–Crippen LogP) is 5.01. The average Bonchev–Trinajstić information content (AvgIpc) is 2.71. The van der Waals surface area contributed by atoms with Gasteiger partial charge in [0.1, 0.15) is 5.75 Å². The lowest BCUT2D eigenvalue weighted by atomic mass is 9.80. The molecule has 0 bridgehead atoms. The van der Waals surface area contributed by atoms with Gasteiger partial charge in [-0.2, -0.15) is 21.6 Å². The highest BCUT2D eigenvalue weighted by Gasteiger charge is 2.49. The number of carbonyl (C=O) groups is 2. The van der Waals surface area contributed by atoms with Crippen molar-refractivity contribution >= 4 is 33.3 Å². The molecule has 1 aliphatic carbocycles. The summed E-state index contributed by atoms with van der Waals surface area (Å²) >= 11 is 5.88. The number of alkyl halides is 3. The SMILES string of the molecule is O=C1c2ccccc2C(=O)c2c1cc(OS(=O)(=O)C(F)(F)F)cc2-c1ccc(Cl)cc1. The van der Waals surface area contributed by atoms with E-state index in [0.717, 1.165) is 12.1 Å². The van der Waals surface area contributed by atoms with Crippen molar-refractivity contribution in [1.29, 1.82) is 0 Å². The Morgan fingerprint density at radius 1 is 0.774 bits per heavy atom. The van der Waals surface area contributed by atoms with Crippen LogP contribution in [0.25, 0.3) is 11.1 Å². The Labute approximate surface area is 179 Å². The van der Waals surface area contributed by atoms with Crippen molar-refractivity contribution in [3.05, 3.63) is 87.9 Å². The van der Waals surface area contributed by atoms with Gasteiger partial charge in [0.2, 0.25) is 0 Å². The molecule has 0 unspecified atom stereocenters. The first-order valence-electron chi connectivity index (χ1n) is 8.63. The Kier molecular flexibility index (Phi) is 4.90. The molecule has 10 heteroatoms. The van der Waals surface area contributed by atoms with Crippen LogP contribution in [0.1, 0.15) is 31.8 Å². The molecule has 0 saturated heterocycles. The zero-order chi connectivity index (χ0) is 22.6. The highest BCUT2D eigenvalue weighted by Crippen LogP contribution is 2.39. The van der Waals surface area contributed by atoms with Crippen LogP contribution in [0.4, 0.5) is 13.2 Å². The second-order valence-corrected chi connectivity index (χ2v) is 8.56. The highest BCUT2D eigenvalue weighted by atomic mass is 35.5. The summed E-state index contributed by atoms with van der Waals surface area (Å²) < 4.78 is 65.7. The molecular formula is C21H10ClF3O5S. The molecule has 3 aromatic rings. The fraction of sp³-hybridized carbons (Fsp3) is 0.0476. The molecule has 1 aliphatic rings. The molecule has 0 spiro atoms. The van der Waals surface area contributed by atoms with E-state index < -0.39 is 32.9 Å². The normalized spacial score (nSPS) is 13.5. The first-order valence-corrected chi connectivity index (χ1v) is 10.4. The Bertz CT molecular complexity index is 1350. The number of fused-ring (bicyclic) bond motifs is 2. The zero-order valence-electron chi connectivity index (χ0n) is 15.2. The molecule has 0 heterocycles. The maximum Gasteiger partial charge on any atom is 0.534 e. The molecule has 0 fully saturated rings. The van der Waals surface area contributed by atoms with Gasteiger partial charge in [-0.15, -0.1) is 0 Å². The third kappa shape index (κ3) is 3.60. The van der Waals surface area contributed by atoms with E-state index in [0.29, 0.717) is 10.6 Å². The summed E-state index contributed by atoms with van der Waals surface area (Å²) in [6.07, 6.45) is 0. The van der Waals surface area contributed by atoms with Gasteiger partial charge in [0.25, 0.3) is 0 Å². The minimum Gasteiger partial charge on any atom is -0.376 e. The summed E-state index contributed by atoms with van der Waals surface area (Å²) in [7, 11) is -5.99. The minimum atomic E-state index is -5.99. The molecule has 0 aliphatic heterocycles. The van der Waals surface area contributed by atoms with Crippen molar-refractivity contribution in [2.24, 2.45) is 0 Å². The second kappa shape index (κ2) is 7.21. The van der Waals surface area contributed by atoms with Gasteiger partial charge < -0.3 is 4.18 Å². The maximum absolute atomic E-state index is 13.2. The van der Waals surface area contributed by atoms with Gasteiger partial charge in [-0.1, -0.05) is 48.0 Å². The largest absolute Gasteiger partial charge is 0.534 e. The van der Waals surface area contributed by atoms with Crippen molar-refractivity contribution in [2.75, 3.05) is 0 Å². The van der Waals surface area contributed by atoms with Crippen LogP contribution in [-0.2, 0) is 10.1 Å². The number of hydrogen-bond donors (Lipinski definition) is 0.